The van der Waals surface area contributed by atoms with Crippen molar-refractivity contribution in [1.29, 1.82) is 0 Å². The molecule has 7 heteroatoms. The minimum absolute atomic E-state index is 0.480. The molecule has 0 spiro atoms. The Hall–Kier alpha value is -2.02. The molecule has 3 rings (SSSR count). The molecular weight excluding hydrogens is 320 g/mol. The zero-order valence-electron chi connectivity index (χ0n) is 14.4. The Morgan fingerprint density at radius 2 is 2.25 bits per heavy atom. The number of nitrogens with one attached hydrogen (secondary N) is 2. The lowest BCUT2D eigenvalue weighted by molar-refractivity contribution is 0.463. The second-order valence-corrected chi connectivity index (χ2v) is 7.00. The van der Waals surface area contributed by atoms with E-state index < -0.39 is 0 Å². The summed E-state index contributed by atoms with van der Waals surface area (Å²) in [7, 11) is 1.93. The topological polar surface area (TPSA) is 57.5 Å². The van der Waals surface area contributed by atoms with E-state index in [1.54, 1.807) is 0 Å². The molecule has 2 N–H and O–H groups in total. The molecule has 3 heterocycles. The van der Waals surface area contributed by atoms with Gasteiger partial charge in [0.05, 0.1) is 17.7 Å². The van der Waals surface area contributed by atoms with Crippen LogP contribution in [0.3, 0.4) is 0 Å². The van der Waals surface area contributed by atoms with Crippen LogP contribution in [0.25, 0.3) is 0 Å². The zero-order valence-corrected chi connectivity index (χ0v) is 15.2. The number of aromatic nitrogens is 2. The smallest absolute Gasteiger partial charge is 0.191 e. The molecule has 2 aromatic heterocycles. The molecule has 1 aliphatic heterocycles. The van der Waals surface area contributed by atoms with E-state index in [-0.39, 0.29) is 0 Å². The molecule has 0 unspecified atom stereocenters. The molecule has 24 heavy (non-hydrogen) atoms. The van der Waals surface area contributed by atoms with Crippen molar-refractivity contribution in [3.05, 3.63) is 35.5 Å². The van der Waals surface area contributed by atoms with Gasteiger partial charge in [0.25, 0.3) is 0 Å². The summed E-state index contributed by atoms with van der Waals surface area (Å²) >= 11 is 1.82. The molecule has 130 valence electrons. The monoisotopic (exact) mass is 346 g/mol. The highest BCUT2D eigenvalue weighted by Gasteiger charge is 2.20. The Morgan fingerprint density at radius 1 is 1.42 bits per heavy atom. The Kier molecular flexibility index (Phi) is 5.74. The van der Waals surface area contributed by atoms with Crippen LogP contribution in [0.5, 0.6) is 0 Å². The summed E-state index contributed by atoms with van der Waals surface area (Å²) in [5, 5.41) is 14.7. The number of hydrogen-bond donors (Lipinski definition) is 2. The molecule has 0 bridgehead atoms. The molecule has 6 nitrogen and oxygen atoms in total. The number of anilines is 1. The van der Waals surface area contributed by atoms with Crippen LogP contribution in [-0.4, -0.2) is 41.4 Å². The number of thiophene rings is 1. The van der Waals surface area contributed by atoms with Crippen LogP contribution in [-0.2, 0) is 13.6 Å². The van der Waals surface area contributed by atoms with E-state index in [1.165, 1.54) is 5.00 Å². The van der Waals surface area contributed by atoms with Gasteiger partial charge in [-0.1, -0.05) is 0 Å². The summed E-state index contributed by atoms with van der Waals surface area (Å²) in [6.45, 7) is 5.81. The molecule has 1 aliphatic rings. The quantitative estimate of drug-likeness (QED) is 0.644. The number of piperidine rings is 1. The highest BCUT2D eigenvalue weighted by molar-refractivity contribution is 7.14. The first-order valence-corrected chi connectivity index (χ1v) is 9.43. The van der Waals surface area contributed by atoms with Gasteiger partial charge in [0, 0.05) is 44.5 Å². The third-order valence-electron chi connectivity index (χ3n) is 4.18. The van der Waals surface area contributed by atoms with Crippen LogP contribution in [0.1, 0.15) is 25.3 Å². The van der Waals surface area contributed by atoms with Crippen molar-refractivity contribution in [3.63, 3.8) is 0 Å². The van der Waals surface area contributed by atoms with E-state index in [0.717, 1.165) is 44.0 Å². The van der Waals surface area contributed by atoms with Crippen LogP contribution >= 0.6 is 11.3 Å². The summed E-state index contributed by atoms with van der Waals surface area (Å²) in [6.07, 6.45) is 6.14. The number of rotatable bonds is 5. The Bertz CT molecular complexity index is 640. The van der Waals surface area contributed by atoms with Crippen molar-refractivity contribution in [1.82, 2.24) is 20.4 Å². The maximum atomic E-state index is 4.69. The molecule has 0 amide bonds. The largest absolute Gasteiger partial charge is 0.363 e. The highest BCUT2D eigenvalue weighted by Crippen LogP contribution is 2.24. The normalized spacial score (nSPS) is 16.4. The number of aliphatic imine (C=N–C) groups is 1. The molecule has 0 atom stereocenters. The number of nitrogens with zero attached hydrogens (tertiary/aromatic N) is 4. The summed E-state index contributed by atoms with van der Waals surface area (Å²) in [6, 6.07) is 4.81. The van der Waals surface area contributed by atoms with Crippen molar-refractivity contribution >= 4 is 22.3 Å². The van der Waals surface area contributed by atoms with Crippen LogP contribution < -0.4 is 15.5 Å². The molecule has 0 aliphatic carbocycles. The van der Waals surface area contributed by atoms with E-state index >= 15 is 0 Å². The average molecular weight is 347 g/mol. The maximum Gasteiger partial charge on any atom is 0.191 e. The highest BCUT2D eigenvalue weighted by atomic mass is 32.1. The summed E-state index contributed by atoms with van der Waals surface area (Å²) in [5.41, 5.74) is 1.13. The molecule has 0 radical (unpaired) electrons. The fraction of sp³-hybridized carbons (Fsp3) is 0.529. The first kappa shape index (κ1) is 16.8. The van der Waals surface area contributed by atoms with Gasteiger partial charge in [-0.2, -0.15) is 5.10 Å². The third kappa shape index (κ3) is 4.50. The van der Waals surface area contributed by atoms with Crippen molar-refractivity contribution in [2.45, 2.75) is 32.4 Å². The lowest BCUT2D eigenvalue weighted by Crippen LogP contribution is -2.48. The fourth-order valence-electron chi connectivity index (χ4n) is 2.93. The summed E-state index contributed by atoms with van der Waals surface area (Å²) in [5.74, 6) is 0.899. The Labute approximate surface area is 147 Å². The zero-order chi connectivity index (χ0) is 16.8. The Morgan fingerprint density at radius 3 is 2.88 bits per heavy atom. The van der Waals surface area contributed by atoms with Gasteiger partial charge in [-0.05, 0) is 37.3 Å². The van der Waals surface area contributed by atoms with E-state index in [2.05, 4.69) is 50.1 Å². The van der Waals surface area contributed by atoms with Gasteiger partial charge >= 0.3 is 0 Å². The van der Waals surface area contributed by atoms with Gasteiger partial charge in [0.15, 0.2) is 5.96 Å². The minimum atomic E-state index is 0.480. The Balaban J connectivity index is 1.52. The van der Waals surface area contributed by atoms with Crippen LogP contribution in [0.2, 0.25) is 0 Å². The fourth-order valence-corrected chi connectivity index (χ4v) is 3.72. The number of aryl methyl sites for hydroxylation is 1. The predicted molar refractivity (Wildman–Crippen MR) is 101 cm³/mol. The molecule has 2 aromatic rings. The predicted octanol–water partition coefficient (Wildman–Crippen LogP) is 2.21. The first-order chi connectivity index (χ1) is 11.7. The van der Waals surface area contributed by atoms with Gasteiger partial charge in [0.1, 0.15) is 0 Å². The van der Waals surface area contributed by atoms with E-state index in [1.807, 2.05) is 35.5 Å². The van der Waals surface area contributed by atoms with Gasteiger partial charge in [0.2, 0.25) is 0 Å². The van der Waals surface area contributed by atoms with Gasteiger partial charge in [-0.15, -0.1) is 11.3 Å². The van der Waals surface area contributed by atoms with E-state index in [9.17, 15) is 0 Å². The molecule has 0 saturated carbocycles. The standard InChI is InChI=1S/C17H26N6S/c1-3-18-17(19-11-14-12-20-22(2)13-14)21-15-6-8-23(9-7-15)16-5-4-10-24-16/h4-5,10,12-13,15H,3,6-9,11H2,1-2H3,(H2,18,19,21). The van der Waals surface area contributed by atoms with Crippen molar-refractivity contribution in [2.75, 3.05) is 24.5 Å². The van der Waals surface area contributed by atoms with Gasteiger partial charge in [-0.3, -0.25) is 4.68 Å². The van der Waals surface area contributed by atoms with E-state index in [0.29, 0.717) is 12.6 Å². The lowest BCUT2D eigenvalue weighted by atomic mass is 10.1. The third-order valence-corrected chi connectivity index (χ3v) is 5.10. The van der Waals surface area contributed by atoms with Crippen LogP contribution in [0.15, 0.2) is 34.9 Å². The summed E-state index contributed by atoms with van der Waals surface area (Å²) in [4.78, 5) is 7.16. The van der Waals surface area contributed by atoms with Crippen molar-refractivity contribution in [2.24, 2.45) is 12.0 Å². The SMILES string of the molecule is CCNC(=NCc1cnn(C)c1)NC1CCN(c2cccs2)CC1. The van der Waals surface area contributed by atoms with Crippen molar-refractivity contribution < 1.29 is 0 Å². The minimum Gasteiger partial charge on any atom is -0.363 e. The molecule has 0 aromatic carbocycles. The molecule has 1 saturated heterocycles. The van der Waals surface area contributed by atoms with Crippen LogP contribution in [0.4, 0.5) is 5.00 Å². The first-order valence-electron chi connectivity index (χ1n) is 8.55. The second-order valence-electron chi connectivity index (χ2n) is 6.07. The maximum absolute atomic E-state index is 4.69. The number of hydrogen-bond acceptors (Lipinski definition) is 4. The summed E-state index contributed by atoms with van der Waals surface area (Å²) < 4.78 is 1.81. The van der Waals surface area contributed by atoms with Gasteiger partial charge in [-0.25, -0.2) is 4.99 Å². The van der Waals surface area contributed by atoms with Crippen LogP contribution in [0, 0.1) is 0 Å². The lowest BCUT2D eigenvalue weighted by Gasteiger charge is -2.33. The average Bonchev–Trinajstić information content (AvgIpc) is 3.25. The molecular formula is C17H26N6S. The van der Waals surface area contributed by atoms with E-state index in [4.69, 9.17) is 0 Å². The van der Waals surface area contributed by atoms with Crippen molar-refractivity contribution in [3.8, 4) is 0 Å². The molecule has 1 fully saturated rings. The number of guanidine groups is 1. The second kappa shape index (κ2) is 8.19. The van der Waals surface area contributed by atoms with Gasteiger partial charge < -0.3 is 15.5 Å².